The van der Waals surface area contributed by atoms with Gasteiger partial charge in [0.25, 0.3) is 5.91 Å². The van der Waals surface area contributed by atoms with Crippen molar-refractivity contribution in [3.05, 3.63) is 62.9 Å². The van der Waals surface area contributed by atoms with E-state index in [4.69, 9.17) is 27.9 Å². The molecule has 8 heteroatoms. The molecule has 0 radical (unpaired) electrons. The number of benzene rings is 2. The fraction of sp³-hybridized carbons (Fsp3) is 0.480. The van der Waals surface area contributed by atoms with Crippen molar-refractivity contribution in [3.63, 3.8) is 0 Å². The minimum atomic E-state index is -0.537. The number of nitrogens with zero attached hydrogens (tertiary/aromatic N) is 1. The number of nitrogens with one attached hydrogen (secondary N) is 1. The predicted molar refractivity (Wildman–Crippen MR) is 134 cm³/mol. The van der Waals surface area contributed by atoms with Crippen molar-refractivity contribution in [1.82, 2.24) is 9.62 Å². The number of ether oxygens (including phenoxy) is 1. The van der Waals surface area contributed by atoms with Gasteiger partial charge in [-0.25, -0.2) is 4.39 Å². The molecule has 1 aliphatic heterocycles. The zero-order chi connectivity index (χ0) is 23.5. The first-order valence-electron chi connectivity index (χ1n) is 11.3. The second-order valence-corrected chi connectivity index (χ2v) is 10.4. The lowest BCUT2D eigenvalue weighted by atomic mass is 9.95. The van der Waals surface area contributed by atoms with E-state index in [1.807, 2.05) is 12.1 Å². The summed E-state index contributed by atoms with van der Waals surface area (Å²) in [6, 6.07) is 9.01. The summed E-state index contributed by atoms with van der Waals surface area (Å²) >= 11 is 13.5. The number of carbonyl (C=O) groups is 1. The molecular weight excluding hydrogens is 482 g/mol. The number of piperidine rings is 1. The first kappa shape index (κ1) is 24.6. The average molecular weight is 511 g/mol. The van der Waals surface area contributed by atoms with Gasteiger partial charge in [-0.1, -0.05) is 35.1 Å². The van der Waals surface area contributed by atoms with Crippen LogP contribution in [0.5, 0.6) is 5.75 Å². The smallest absolute Gasteiger partial charge is 0.264 e. The van der Waals surface area contributed by atoms with E-state index in [-0.39, 0.29) is 11.6 Å². The van der Waals surface area contributed by atoms with Crippen LogP contribution >= 0.6 is 35.1 Å². The lowest BCUT2D eigenvalue weighted by Gasteiger charge is -2.36. The van der Waals surface area contributed by atoms with Crippen molar-refractivity contribution in [2.24, 2.45) is 5.92 Å². The number of hydrogen-bond acceptors (Lipinski definition) is 4. The normalized spacial score (nSPS) is 18.2. The highest BCUT2D eigenvalue weighted by atomic mass is 35.5. The highest BCUT2D eigenvalue weighted by Crippen LogP contribution is 2.45. The molecule has 4 rings (SSSR count). The van der Waals surface area contributed by atoms with Crippen LogP contribution in [-0.2, 0) is 0 Å². The van der Waals surface area contributed by atoms with E-state index in [0.29, 0.717) is 34.2 Å². The number of likely N-dealkylation sites (tertiary alicyclic amines) is 1. The summed E-state index contributed by atoms with van der Waals surface area (Å²) < 4.78 is 23.4. The van der Waals surface area contributed by atoms with Crippen LogP contribution in [0, 0.1) is 11.7 Å². The van der Waals surface area contributed by atoms with E-state index in [1.165, 1.54) is 6.07 Å². The van der Waals surface area contributed by atoms with E-state index in [2.05, 4.69) is 16.5 Å². The highest BCUT2D eigenvalue weighted by molar-refractivity contribution is 7.97. The maximum absolute atomic E-state index is 14.6. The van der Waals surface area contributed by atoms with Crippen LogP contribution in [0.25, 0.3) is 0 Å². The SMILES string of the molecule is CSNC(=O)c1cc(C2CC2)c(OCC2CCN(C(C)c3cc(Cl)cc(Cl)c3)CC2)cc1F. The number of halogens is 3. The molecule has 2 aromatic carbocycles. The fourth-order valence-corrected chi connectivity index (χ4v) is 5.31. The molecule has 1 aliphatic carbocycles. The van der Waals surface area contributed by atoms with Crippen molar-refractivity contribution in [1.29, 1.82) is 0 Å². The lowest BCUT2D eigenvalue weighted by molar-refractivity contribution is 0.0980. The van der Waals surface area contributed by atoms with E-state index in [0.717, 1.165) is 61.8 Å². The van der Waals surface area contributed by atoms with Crippen molar-refractivity contribution in [2.75, 3.05) is 26.0 Å². The molecule has 1 unspecified atom stereocenters. The summed E-state index contributed by atoms with van der Waals surface area (Å²) in [5.74, 6) is 0.403. The van der Waals surface area contributed by atoms with Crippen molar-refractivity contribution in [2.45, 2.75) is 44.6 Å². The standard InChI is InChI=1S/C25H29Cl2FN2O2S/c1-15(18-9-19(26)11-20(27)10-18)30-7-5-16(6-8-30)14-32-24-13-23(28)22(25(31)29-33-2)12-21(24)17-3-4-17/h9-13,15-17H,3-8,14H2,1-2H3,(H,29,31). The topological polar surface area (TPSA) is 41.6 Å². The Kier molecular flexibility index (Phi) is 8.11. The van der Waals surface area contributed by atoms with E-state index < -0.39 is 11.7 Å². The Morgan fingerprint density at radius 3 is 2.42 bits per heavy atom. The van der Waals surface area contributed by atoms with Crippen LogP contribution in [-0.4, -0.2) is 36.8 Å². The minimum Gasteiger partial charge on any atom is -0.493 e. The van der Waals surface area contributed by atoms with Crippen LogP contribution < -0.4 is 9.46 Å². The third kappa shape index (κ3) is 6.16. The lowest BCUT2D eigenvalue weighted by Crippen LogP contribution is -2.37. The Morgan fingerprint density at radius 2 is 1.82 bits per heavy atom. The number of hydrogen-bond donors (Lipinski definition) is 1. The van der Waals surface area contributed by atoms with Gasteiger partial charge >= 0.3 is 0 Å². The quantitative estimate of drug-likeness (QED) is 0.393. The van der Waals surface area contributed by atoms with Gasteiger partial charge in [0.05, 0.1) is 12.2 Å². The molecule has 1 saturated heterocycles. The first-order valence-corrected chi connectivity index (χ1v) is 13.3. The minimum absolute atomic E-state index is 0.0852. The Morgan fingerprint density at radius 1 is 1.15 bits per heavy atom. The number of carbonyl (C=O) groups excluding carboxylic acids is 1. The molecule has 2 aliphatic rings. The Bertz CT molecular complexity index is 990. The second kappa shape index (κ2) is 10.9. The zero-order valence-electron chi connectivity index (χ0n) is 18.9. The van der Waals surface area contributed by atoms with Gasteiger partial charge in [-0.15, -0.1) is 0 Å². The molecule has 33 heavy (non-hydrogen) atoms. The van der Waals surface area contributed by atoms with Crippen LogP contribution in [0.1, 0.15) is 66.1 Å². The van der Waals surface area contributed by atoms with Crippen molar-refractivity contribution >= 4 is 41.1 Å². The number of amides is 1. The van der Waals surface area contributed by atoms with Crippen LogP contribution in [0.3, 0.4) is 0 Å². The largest absolute Gasteiger partial charge is 0.493 e. The average Bonchev–Trinajstić information content (AvgIpc) is 3.62. The molecular formula is C25H29Cl2FN2O2S. The van der Waals surface area contributed by atoms with E-state index in [9.17, 15) is 9.18 Å². The highest BCUT2D eigenvalue weighted by Gasteiger charge is 2.30. The van der Waals surface area contributed by atoms with Gasteiger partial charge in [-0.05, 0) is 92.9 Å². The second-order valence-electron chi connectivity index (χ2n) is 8.95. The molecule has 1 saturated carbocycles. The number of rotatable bonds is 8. The monoisotopic (exact) mass is 510 g/mol. The summed E-state index contributed by atoms with van der Waals surface area (Å²) in [6.07, 6.45) is 5.86. The van der Waals surface area contributed by atoms with E-state index in [1.54, 1.807) is 18.4 Å². The maximum atomic E-state index is 14.6. The predicted octanol–water partition coefficient (Wildman–Crippen LogP) is 6.87. The van der Waals surface area contributed by atoms with Gasteiger partial charge in [0.2, 0.25) is 0 Å². The van der Waals surface area contributed by atoms with Crippen molar-refractivity contribution < 1.29 is 13.9 Å². The molecule has 1 heterocycles. The molecule has 178 valence electrons. The van der Waals surface area contributed by atoms with Gasteiger partial charge in [-0.3, -0.25) is 14.4 Å². The van der Waals surface area contributed by atoms with Gasteiger partial charge in [0.15, 0.2) is 0 Å². The molecule has 0 bridgehead atoms. The van der Waals surface area contributed by atoms with Gasteiger partial charge < -0.3 is 4.74 Å². The molecule has 1 N–H and O–H groups in total. The Balaban J connectivity index is 1.36. The summed E-state index contributed by atoms with van der Waals surface area (Å²) in [4.78, 5) is 14.6. The summed E-state index contributed by atoms with van der Waals surface area (Å²) in [6.45, 7) is 4.65. The molecule has 1 amide bonds. The zero-order valence-corrected chi connectivity index (χ0v) is 21.2. The third-order valence-corrected chi connectivity index (χ3v) is 7.42. The Labute approximate surface area is 209 Å². The molecule has 4 nitrogen and oxygen atoms in total. The third-order valence-electron chi connectivity index (χ3n) is 6.59. The summed E-state index contributed by atoms with van der Waals surface area (Å²) in [5.41, 5.74) is 2.16. The van der Waals surface area contributed by atoms with Gasteiger partial charge in [0.1, 0.15) is 11.6 Å². The van der Waals surface area contributed by atoms with Crippen molar-refractivity contribution in [3.8, 4) is 5.75 Å². The maximum Gasteiger partial charge on any atom is 0.264 e. The van der Waals surface area contributed by atoms with E-state index >= 15 is 0 Å². The summed E-state index contributed by atoms with van der Waals surface area (Å²) in [7, 11) is 0. The fourth-order valence-electron chi connectivity index (χ4n) is 4.47. The molecule has 0 aromatic heterocycles. The molecule has 2 aromatic rings. The Hall–Kier alpha value is -1.47. The van der Waals surface area contributed by atoms with Crippen LogP contribution in [0.4, 0.5) is 4.39 Å². The van der Waals surface area contributed by atoms with Gasteiger partial charge in [-0.2, -0.15) is 0 Å². The molecule has 2 fully saturated rings. The van der Waals surface area contributed by atoms with Crippen LogP contribution in [0.15, 0.2) is 30.3 Å². The summed E-state index contributed by atoms with van der Waals surface area (Å²) in [5, 5.41) is 1.31. The first-order chi connectivity index (χ1) is 15.9. The van der Waals surface area contributed by atoms with Crippen LogP contribution in [0.2, 0.25) is 10.0 Å². The molecule has 0 spiro atoms. The van der Waals surface area contributed by atoms with Gasteiger partial charge in [0, 0.05) is 28.4 Å². The molecule has 1 atom stereocenters.